The van der Waals surface area contributed by atoms with Crippen molar-refractivity contribution < 1.29 is 79.2 Å². The molecule has 20 nitrogen and oxygen atoms in total. The van der Waals surface area contributed by atoms with Crippen LogP contribution in [0.3, 0.4) is 0 Å². The van der Waals surface area contributed by atoms with Crippen molar-refractivity contribution in [2.24, 2.45) is 11.5 Å². The van der Waals surface area contributed by atoms with Crippen LogP contribution in [0.1, 0.15) is 25.7 Å². The predicted octanol–water partition coefficient (Wildman–Crippen LogP) is -3.30. The van der Waals surface area contributed by atoms with E-state index in [2.05, 4.69) is 0 Å². The molecule has 0 aliphatic carbocycles. The van der Waals surface area contributed by atoms with Crippen molar-refractivity contribution in [3.63, 3.8) is 0 Å². The van der Waals surface area contributed by atoms with Crippen LogP contribution in [0.25, 0.3) is 0 Å². The SMILES string of the molecule is NCCN.O=C(O)CCC(=O)O.O=C(O)CCC(=O)O.O=C(O)CN(CCN(CC(=O)O)CC(=O)O)CC(=O)O. The number of hydrogen-bond acceptors (Lipinski definition) is 12. The van der Waals surface area contributed by atoms with Gasteiger partial charge in [-0.05, 0) is 0 Å². The first-order chi connectivity index (χ1) is 18.4. The Morgan fingerprint density at radius 1 is 0.375 bits per heavy atom. The molecule has 0 spiro atoms. The maximum atomic E-state index is 10.6. The molecule has 0 aromatic carbocycles. The van der Waals surface area contributed by atoms with E-state index in [0.29, 0.717) is 13.1 Å². The van der Waals surface area contributed by atoms with E-state index in [1.165, 1.54) is 0 Å². The molecule has 0 fully saturated rings. The molecule has 0 unspecified atom stereocenters. The van der Waals surface area contributed by atoms with E-state index >= 15 is 0 Å². The van der Waals surface area contributed by atoms with E-state index in [9.17, 15) is 38.4 Å². The van der Waals surface area contributed by atoms with Crippen molar-refractivity contribution in [2.75, 3.05) is 52.4 Å². The van der Waals surface area contributed by atoms with Gasteiger partial charge in [0.15, 0.2) is 0 Å². The molecule has 0 aromatic heterocycles. The highest BCUT2D eigenvalue weighted by Crippen LogP contribution is 1.94. The van der Waals surface area contributed by atoms with E-state index < -0.39 is 73.9 Å². The lowest BCUT2D eigenvalue weighted by Gasteiger charge is -2.23. The van der Waals surface area contributed by atoms with Crippen LogP contribution in [0, 0.1) is 0 Å². The molecule has 232 valence electrons. The van der Waals surface area contributed by atoms with E-state index in [4.69, 9.17) is 52.3 Å². The van der Waals surface area contributed by atoms with Gasteiger partial charge in [-0.1, -0.05) is 0 Å². The van der Waals surface area contributed by atoms with Gasteiger partial charge in [0.2, 0.25) is 0 Å². The zero-order valence-electron chi connectivity index (χ0n) is 21.4. The lowest BCUT2D eigenvalue weighted by molar-refractivity contribution is -0.145. The Morgan fingerprint density at radius 3 is 0.650 bits per heavy atom. The number of carbonyl (C=O) groups is 8. The average Bonchev–Trinajstić information content (AvgIpc) is 2.79. The van der Waals surface area contributed by atoms with Gasteiger partial charge >= 0.3 is 47.8 Å². The van der Waals surface area contributed by atoms with Crippen LogP contribution in [0.4, 0.5) is 0 Å². The van der Waals surface area contributed by atoms with E-state index in [1.54, 1.807) is 0 Å². The highest BCUT2D eigenvalue weighted by atomic mass is 16.4. The molecular formula is C20H36N4O16. The second kappa shape index (κ2) is 27.6. The van der Waals surface area contributed by atoms with Crippen molar-refractivity contribution in [3.05, 3.63) is 0 Å². The molecule has 0 atom stereocenters. The highest BCUT2D eigenvalue weighted by Gasteiger charge is 2.18. The standard InChI is InChI=1S/C10H16N2O8.2C4H6O4.C2H8N2/c13-7(14)3-11(4-8(15)16)1-2-12(5-9(17)18)6-10(19)20;2*5-3(6)1-2-4(7)8;3-1-2-4/h1-6H2,(H,13,14)(H,15,16)(H,17,18)(H,19,20);2*1-2H2,(H,5,6)(H,7,8);1-4H2. The number of rotatable bonds is 18. The van der Waals surface area contributed by atoms with Gasteiger partial charge in [-0.3, -0.25) is 48.2 Å². The van der Waals surface area contributed by atoms with Crippen molar-refractivity contribution in [3.8, 4) is 0 Å². The average molecular weight is 589 g/mol. The summed E-state index contributed by atoms with van der Waals surface area (Å²) in [5.41, 5.74) is 9.81. The zero-order chi connectivity index (χ0) is 32.3. The number of nitrogens with zero attached hydrogens (tertiary/aromatic N) is 2. The van der Waals surface area contributed by atoms with E-state index in [1.807, 2.05) is 0 Å². The predicted molar refractivity (Wildman–Crippen MR) is 131 cm³/mol. The van der Waals surface area contributed by atoms with Crippen molar-refractivity contribution in [1.82, 2.24) is 9.80 Å². The third-order valence-corrected chi connectivity index (χ3v) is 3.44. The van der Waals surface area contributed by atoms with Crippen LogP contribution in [0.2, 0.25) is 0 Å². The molecule has 12 N–H and O–H groups in total. The summed E-state index contributed by atoms with van der Waals surface area (Å²) in [6, 6.07) is 0. The van der Waals surface area contributed by atoms with Crippen LogP contribution in [0.5, 0.6) is 0 Å². The minimum absolute atomic E-state index is 0.0703. The van der Waals surface area contributed by atoms with Gasteiger partial charge in [-0.2, -0.15) is 0 Å². The first kappa shape index (κ1) is 42.7. The summed E-state index contributed by atoms with van der Waals surface area (Å²) in [5, 5.41) is 66.1. The maximum Gasteiger partial charge on any atom is 0.317 e. The molecule has 0 aliphatic rings. The normalized spacial score (nSPS) is 9.50. The molecule has 0 saturated carbocycles. The quantitative estimate of drug-likeness (QED) is 0.0749. The van der Waals surface area contributed by atoms with Crippen LogP contribution in [-0.2, 0) is 38.4 Å². The third-order valence-electron chi connectivity index (χ3n) is 3.44. The number of aliphatic carboxylic acids is 8. The third kappa shape index (κ3) is 46.9. The lowest BCUT2D eigenvalue weighted by atomic mass is 10.3. The smallest absolute Gasteiger partial charge is 0.317 e. The Hall–Kier alpha value is -4.40. The van der Waals surface area contributed by atoms with E-state index in [0.717, 1.165) is 9.80 Å². The van der Waals surface area contributed by atoms with Crippen LogP contribution in [0.15, 0.2) is 0 Å². The van der Waals surface area contributed by atoms with Crippen molar-refractivity contribution >= 4 is 47.8 Å². The minimum atomic E-state index is -1.23. The van der Waals surface area contributed by atoms with Crippen LogP contribution < -0.4 is 11.5 Å². The molecule has 0 radical (unpaired) electrons. The lowest BCUT2D eigenvalue weighted by Crippen LogP contribution is -2.43. The topological polar surface area (TPSA) is 357 Å². The summed E-state index contributed by atoms with van der Waals surface area (Å²) in [6.07, 6.45) is -1.19. The summed E-state index contributed by atoms with van der Waals surface area (Å²) < 4.78 is 0. The summed E-state index contributed by atoms with van der Waals surface area (Å²) in [5.74, 6) is -9.22. The molecule has 0 heterocycles. The number of carboxylic acid groups (broad SMARTS) is 8. The molecule has 0 rings (SSSR count). The first-order valence-corrected chi connectivity index (χ1v) is 11.0. The highest BCUT2D eigenvalue weighted by molar-refractivity contribution is 5.76. The van der Waals surface area contributed by atoms with Crippen molar-refractivity contribution in [1.29, 1.82) is 0 Å². The Bertz CT molecular complexity index is 694. The van der Waals surface area contributed by atoms with Crippen molar-refractivity contribution in [2.45, 2.75) is 25.7 Å². The molecular weight excluding hydrogens is 552 g/mol. The fourth-order valence-corrected chi connectivity index (χ4v) is 1.90. The zero-order valence-corrected chi connectivity index (χ0v) is 21.4. The summed E-state index contributed by atoms with van der Waals surface area (Å²) in [7, 11) is 0. The monoisotopic (exact) mass is 588 g/mol. The van der Waals surface area contributed by atoms with Crippen LogP contribution in [-0.4, -0.2) is 151 Å². The maximum absolute atomic E-state index is 10.6. The minimum Gasteiger partial charge on any atom is -0.481 e. The second-order valence-electron chi connectivity index (χ2n) is 7.15. The number of hydrogen-bond donors (Lipinski definition) is 10. The van der Waals surface area contributed by atoms with Gasteiger partial charge in [0, 0.05) is 26.2 Å². The van der Waals surface area contributed by atoms with Gasteiger partial charge in [0.05, 0.1) is 51.9 Å². The van der Waals surface area contributed by atoms with Gasteiger partial charge in [0.1, 0.15) is 0 Å². The second-order valence-corrected chi connectivity index (χ2v) is 7.15. The molecule has 0 aromatic rings. The van der Waals surface area contributed by atoms with Crippen LogP contribution >= 0.6 is 0 Å². The van der Waals surface area contributed by atoms with E-state index in [-0.39, 0.29) is 38.8 Å². The summed E-state index contributed by atoms with van der Waals surface area (Å²) >= 11 is 0. The first-order valence-electron chi connectivity index (χ1n) is 11.0. The summed E-state index contributed by atoms with van der Waals surface area (Å²) in [6.45, 7) is -1.06. The van der Waals surface area contributed by atoms with Gasteiger partial charge in [0.25, 0.3) is 0 Å². The molecule has 0 saturated heterocycles. The summed E-state index contributed by atoms with van der Waals surface area (Å²) in [4.78, 5) is 82.9. The Labute approximate surface area is 227 Å². The Kier molecular flexibility index (Phi) is 29.5. The molecule has 0 aliphatic heterocycles. The Balaban J connectivity index is -0.000000265. The number of nitrogens with two attached hydrogens (primary N) is 2. The van der Waals surface area contributed by atoms with Gasteiger partial charge in [-0.25, -0.2) is 0 Å². The molecule has 0 bridgehead atoms. The van der Waals surface area contributed by atoms with Gasteiger partial charge < -0.3 is 52.3 Å². The Morgan fingerprint density at radius 2 is 0.550 bits per heavy atom. The fourth-order valence-electron chi connectivity index (χ4n) is 1.90. The fraction of sp³-hybridized carbons (Fsp3) is 0.600. The molecule has 20 heteroatoms. The number of carboxylic acids is 8. The molecule has 40 heavy (non-hydrogen) atoms. The van der Waals surface area contributed by atoms with Gasteiger partial charge in [-0.15, -0.1) is 0 Å². The largest absolute Gasteiger partial charge is 0.481 e. The molecule has 0 amide bonds.